The van der Waals surface area contributed by atoms with Crippen LogP contribution in [-0.4, -0.2) is 23.6 Å². The number of benzene rings is 1. The molecule has 0 aliphatic heterocycles. The molecule has 2 aromatic rings. The SMILES string of the molecule is CCOc1cc(N(C)C(C)c2cccc(N)c2)ncn1. The second kappa shape index (κ2) is 6.23. The van der Waals surface area contributed by atoms with E-state index in [4.69, 9.17) is 10.5 Å². The minimum Gasteiger partial charge on any atom is -0.478 e. The van der Waals surface area contributed by atoms with Gasteiger partial charge in [-0.15, -0.1) is 0 Å². The molecule has 1 heterocycles. The van der Waals surface area contributed by atoms with Crippen LogP contribution in [0.25, 0.3) is 0 Å². The molecule has 0 spiro atoms. The lowest BCUT2D eigenvalue weighted by molar-refractivity contribution is 0.326. The molecule has 20 heavy (non-hydrogen) atoms. The van der Waals surface area contributed by atoms with Gasteiger partial charge >= 0.3 is 0 Å². The van der Waals surface area contributed by atoms with Crippen molar-refractivity contribution < 1.29 is 4.74 Å². The van der Waals surface area contributed by atoms with E-state index in [1.54, 1.807) is 0 Å². The molecule has 5 nitrogen and oxygen atoms in total. The lowest BCUT2D eigenvalue weighted by Gasteiger charge is -2.26. The van der Waals surface area contributed by atoms with Crippen LogP contribution >= 0.6 is 0 Å². The van der Waals surface area contributed by atoms with E-state index >= 15 is 0 Å². The molecule has 5 heteroatoms. The highest BCUT2D eigenvalue weighted by atomic mass is 16.5. The zero-order chi connectivity index (χ0) is 14.5. The summed E-state index contributed by atoms with van der Waals surface area (Å²) in [5.41, 5.74) is 7.74. The molecule has 0 fully saturated rings. The van der Waals surface area contributed by atoms with Crippen molar-refractivity contribution in [1.29, 1.82) is 0 Å². The van der Waals surface area contributed by atoms with Crippen molar-refractivity contribution in [3.05, 3.63) is 42.2 Å². The van der Waals surface area contributed by atoms with Gasteiger partial charge in [-0.2, -0.15) is 0 Å². The number of hydrogen-bond donors (Lipinski definition) is 1. The van der Waals surface area contributed by atoms with Gasteiger partial charge in [-0.3, -0.25) is 0 Å². The Morgan fingerprint density at radius 1 is 1.30 bits per heavy atom. The largest absolute Gasteiger partial charge is 0.478 e. The molecule has 1 aromatic heterocycles. The van der Waals surface area contributed by atoms with Gasteiger partial charge in [0.2, 0.25) is 5.88 Å². The average molecular weight is 272 g/mol. The molecule has 106 valence electrons. The lowest BCUT2D eigenvalue weighted by atomic mass is 10.1. The van der Waals surface area contributed by atoms with Gasteiger partial charge in [0.25, 0.3) is 0 Å². The summed E-state index contributed by atoms with van der Waals surface area (Å²) in [6.07, 6.45) is 1.52. The van der Waals surface area contributed by atoms with Crippen LogP contribution in [-0.2, 0) is 0 Å². The Labute approximate surface area is 119 Å². The van der Waals surface area contributed by atoms with Crippen molar-refractivity contribution in [2.24, 2.45) is 0 Å². The second-order valence-corrected chi connectivity index (χ2v) is 4.60. The van der Waals surface area contributed by atoms with Crippen molar-refractivity contribution in [1.82, 2.24) is 9.97 Å². The number of hydrogen-bond acceptors (Lipinski definition) is 5. The van der Waals surface area contributed by atoms with Crippen LogP contribution in [0.2, 0.25) is 0 Å². The molecule has 0 bridgehead atoms. The molecule has 0 saturated carbocycles. The Morgan fingerprint density at radius 2 is 2.10 bits per heavy atom. The highest BCUT2D eigenvalue weighted by molar-refractivity contribution is 5.47. The van der Waals surface area contributed by atoms with E-state index in [1.165, 1.54) is 6.33 Å². The van der Waals surface area contributed by atoms with E-state index in [-0.39, 0.29) is 6.04 Å². The Kier molecular flexibility index (Phi) is 4.40. The van der Waals surface area contributed by atoms with E-state index in [9.17, 15) is 0 Å². The first-order valence-corrected chi connectivity index (χ1v) is 6.65. The first-order valence-electron chi connectivity index (χ1n) is 6.65. The highest BCUT2D eigenvalue weighted by Gasteiger charge is 2.14. The van der Waals surface area contributed by atoms with Gasteiger partial charge in [-0.1, -0.05) is 12.1 Å². The zero-order valence-corrected chi connectivity index (χ0v) is 12.1. The Hall–Kier alpha value is -2.30. The van der Waals surface area contributed by atoms with Crippen molar-refractivity contribution >= 4 is 11.5 Å². The van der Waals surface area contributed by atoms with E-state index in [1.807, 2.05) is 38.2 Å². The minimum atomic E-state index is 0.155. The molecule has 2 rings (SSSR count). The first kappa shape index (κ1) is 14.1. The Morgan fingerprint density at radius 3 is 2.80 bits per heavy atom. The summed E-state index contributed by atoms with van der Waals surface area (Å²) >= 11 is 0. The van der Waals surface area contributed by atoms with Crippen molar-refractivity contribution in [2.45, 2.75) is 19.9 Å². The molecule has 0 aliphatic rings. The summed E-state index contributed by atoms with van der Waals surface area (Å²) in [4.78, 5) is 10.4. The Balaban J connectivity index is 2.21. The molecule has 1 aromatic carbocycles. The van der Waals surface area contributed by atoms with Crippen molar-refractivity contribution in [3.8, 4) is 5.88 Å². The van der Waals surface area contributed by atoms with Gasteiger partial charge in [0.15, 0.2) is 0 Å². The summed E-state index contributed by atoms with van der Waals surface area (Å²) < 4.78 is 5.40. The van der Waals surface area contributed by atoms with Crippen LogP contribution in [0.15, 0.2) is 36.7 Å². The normalized spacial score (nSPS) is 11.9. The van der Waals surface area contributed by atoms with Gasteiger partial charge in [0.1, 0.15) is 12.1 Å². The standard InChI is InChI=1S/C15H20N4O/c1-4-20-15-9-14(17-10-18-15)19(3)11(2)12-6-5-7-13(16)8-12/h5-11H,4,16H2,1-3H3. The molecule has 2 N–H and O–H groups in total. The Bertz CT molecular complexity index is 573. The maximum absolute atomic E-state index is 5.83. The van der Waals surface area contributed by atoms with Gasteiger partial charge < -0.3 is 15.4 Å². The monoisotopic (exact) mass is 272 g/mol. The quantitative estimate of drug-likeness (QED) is 0.848. The average Bonchev–Trinajstić information content (AvgIpc) is 2.46. The van der Waals surface area contributed by atoms with E-state index in [0.717, 1.165) is 17.1 Å². The number of nitrogens with two attached hydrogens (primary N) is 1. The van der Waals surface area contributed by atoms with E-state index in [2.05, 4.69) is 27.9 Å². The summed E-state index contributed by atoms with van der Waals surface area (Å²) in [7, 11) is 1.99. The van der Waals surface area contributed by atoms with Gasteiger partial charge in [0.05, 0.1) is 12.6 Å². The number of rotatable bonds is 5. The van der Waals surface area contributed by atoms with Crippen LogP contribution in [0, 0.1) is 0 Å². The fourth-order valence-electron chi connectivity index (χ4n) is 1.99. The zero-order valence-electron chi connectivity index (χ0n) is 12.1. The van der Waals surface area contributed by atoms with Gasteiger partial charge in [-0.05, 0) is 31.5 Å². The third-order valence-corrected chi connectivity index (χ3v) is 3.26. The van der Waals surface area contributed by atoms with E-state index < -0.39 is 0 Å². The number of aromatic nitrogens is 2. The van der Waals surface area contributed by atoms with Crippen LogP contribution in [0.4, 0.5) is 11.5 Å². The molecule has 0 amide bonds. The first-order chi connectivity index (χ1) is 9.61. The van der Waals surface area contributed by atoms with Crippen molar-refractivity contribution in [3.63, 3.8) is 0 Å². The maximum atomic E-state index is 5.83. The maximum Gasteiger partial charge on any atom is 0.218 e. The predicted octanol–water partition coefficient (Wildman–Crippen LogP) is 2.65. The molecular formula is C15H20N4O. The van der Waals surface area contributed by atoms with E-state index in [0.29, 0.717) is 12.5 Å². The third-order valence-electron chi connectivity index (χ3n) is 3.26. The summed E-state index contributed by atoms with van der Waals surface area (Å²) in [5, 5.41) is 0. The topological polar surface area (TPSA) is 64.3 Å². The van der Waals surface area contributed by atoms with Crippen LogP contribution < -0.4 is 15.4 Å². The lowest BCUT2D eigenvalue weighted by Crippen LogP contribution is -2.22. The molecule has 0 saturated heterocycles. The number of nitrogen functional groups attached to an aromatic ring is 1. The fourth-order valence-corrected chi connectivity index (χ4v) is 1.99. The number of anilines is 2. The number of nitrogens with zero attached hydrogens (tertiary/aromatic N) is 3. The highest BCUT2D eigenvalue weighted by Crippen LogP contribution is 2.26. The summed E-state index contributed by atoms with van der Waals surface area (Å²) in [5.74, 6) is 1.41. The predicted molar refractivity (Wildman–Crippen MR) is 80.9 cm³/mol. The van der Waals surface area contributed by atoms with Gasteiger partial charge in [0, 0.05) is 18.8 Å². The smallest absolute Gasteiger partial charge is 0.218 e. The molecule has 0 radical (unpaired) electrons. The van der Waals surface area contributed by atoms with Crippen molar-refractivity contribution in [2.75, 3.05) is 24.3 Å². The molecular weight excluding hydrogens is 252 g/mol. The summed E-state index contributed by atoms with van der Waals surface area (Å²) in [6, 6.07) is 9.87. The molecule has 0 aliphatic carbocycles. The van der Waals surface area contributed by atoms with Crippen LogP contribution in [0.3, 0.4) is 0 Å². The van der Waals surface area contributed by atoms with Crippen LogP contribution in [0.1, 0.15) is 25.5 Å². The molecule has 1 atom stereocenters. The third kappa shape index (κ3) is 3.17. The van der Waals surface area contributed by atoms with Gasteiger partial charge in [-0.25, -0.2) is 9.97 Å². The van der Waals surface area contributed by atoms with Crippen LogP contribution in [0.5, 0.6) is 5.88 Å². The fraction of sp³-hybridized carbons (Fsp3) is 0.333. The second-order valence-electron chi connectivity index (χ2n) is 4.60. The minimum absolute atomic E-state index is 0.155. The molecule has 1 unspecified atom stereocenters. The number of ether oxygens (including phenoxy) is 1. The summed E-state index contributed by atoms with van der Waals surface area (Å²) in [6.45, 7) is 4.63.